The van der Waals surface area contributed by atoms with E-state index in [2.05, 4.69) is 20.3 Å². The van der Waals surface area contributed by atoms with Gasteiger partial charge in [-0.15, -0.1) is 0 Å². The van der Waals surface area contributed by atoms with Crippen molar-refractivity contribution in [3.05, 3.63) is 66.0 Å². The van der Waals surface area contributed by atoms with Gasteiger partial charge in [-0.25, -0.2) is 4.98 Å². The minimum atomic E-state index is -4.65. The molecule has 1 aliphatic rings. The Morgan fingerprint density at radius 1 is 1.06 bits per heavy atom. The number of aliphatic hydroxyl groups excluding tert-OH is 1. The average Bonchev–Trinajstić information content (AvgIpc) is 3.17. The Hall–Kier alpha value is -3.20. The van der Waals surface area contributed by atoms with Gasteiger partial charge in [-0.3, -0.25) is 4.98 Å². The highest BCUT2D eigenvalue weighted by molar-refractivity contribution is 5.59. The van der Waals surface area contributed by atoms with Crippen molar-refractivity contribution in [2.45, 2.75) is 44.2 Å². The lowest BCUT2D eigenvalue weighted by molar-refractivity contribution is -0.140. The van der Waals surface area contributed by atoms with Crippen LogP contribution >= 0.6 is 0 Å². The molecule has 0 bridgehead atoms. The number of pyridine rings is 1. The number of aromatic nitrogens is 3. The largest absolute Gasteiger partial charge is 0.471 e. The summed E-state index contributed by atoms with van der Waals surface area (Å²) in [6.07, 6.45) is -2.07. The zero-order valence-corrected chi connectivity index (χ0v) is 16.5. The van der Waals surface area contributed by atoms with Crippen molar-refractivity contribution in [3.63, 3.8) is 0 Å². The molecule has 6 nitrogen and oxygen atoms in total. The van der Waals surface area contributed by atoms with Gasteiger partial charge in [0.2, 0.25) is 11.8 Å². The number of ether oxygens (including phenoxy) is 1. The first-order chi connectivity index (χ1) is 14.9. The second-order valence-electron chi connectivity index (χ2n) is 7.33. The van der Waals surface area contributed by atoms with Gasteiger partial charge < -0.3 is 15.2 Å². The van der Waals surface area contributed by atoms with E-state index in [9.17, 15) is 18.3 Å². The normalized spacial score (nSPS) is 18.7. The van der Waals surface area contributed by atoms with Gasteiger partial charge in [0, 0.05) is 24.5 Å². The molecule has 4 rings (SSSR count). The molecule has 2 atom stereocenters. The summed E-state index contributed by atoms with van der Waals surface area (Å²) in [6, 6.07) is 13.3. The molecular weight excluding hydrogens is 409 g/mol. The third-order valence-electron chi connectivity index (χ3n) is 5.11. The Labute approximate surface area is 177 Å². The van der Waals surface area contributed by atoms with Gasteiger partial charge in [0.05, 0.1) is 11.8 Å². The van der Waals surface area contributed by atoms with E-state index in [1.807, 2.05) is 42.5 Å². The fourth-order valence-electron chi connectivity index (χ4n) is 3.43. The average molecular weight is 430 g/mol. The molecule has 1 aromatic carbocycles. The van der Waals surface area contributed by atoms with Crippen molar-refractivity contribution in [1.82, 2.24) is 15.0 Å². The summed E-state index contributed by atoms with van der Waals surface area (Å²) >= 11 is 0. The summed E-state index contributed by atoms with van der Waals surface area (Å²) in [5, 5.41) is 12.8. The van der Waals surface area contributed by atoms with E-state index in [0.717, 1.165) is 16.8 Å². The topological polar surface area (TPSA) is 80.2 Å². The monoisotopic (exact) mass is 430 g/mol. The van der Waals surface area contributed by atoms with Crippen LogP contribution in [0.3, 0.4) is 0 Å². The first-order valence-corrected chi connectivity index (χ1v) is 9.93. The molecule has 1 unspecified atom stereocenters. The van der Waals surface area contributed by atoms with E-state index in [1.165, 1.54) is 0 Å². The highest BCUT2D eigenvalue weighted by atomic mass is 19.4. The van der Waals surface area contributed by atoms with Crippen LogP contribution in [0.4, 0.5) is 19.1 Å². The molecule has 1 fully saturated rings. The predicted molar refractivity (Wildman–Crippen MR) is 108 cm³/mol. The van der Waals surface area contributed by atoms with Crippen LogP contribution in [-0.4, -0.2) is 32.3 Å². The van der Waals surface area contributed by atoms with Gasteiger partial charge in [0.15, 0.2) is 0 Å². The Morgan fingerprint density at radius 2 is 1.87 bits per heavy atom. The molecule has 0 amide bonds. The van der Waals surface area contributed by atoms with E-state index in [-0.39, 0.29) is 5.95 Å². The maximum absolute atomic E-state index is 13.3. The minimum absolute atomic E-state index is 0.0179. The van der Waals surface area contributed by atoms with Crippen LogP contribution in [0.15, 0.2) is 54.9 Å². The molecule has 9 heteroatoms. The van der Waals surface area contributed by atoms with E-state index >= 15 is 0 Å². The fraction of sp³-hybridized carbons (Fsp3) is 0.318. The lowest BCUT2D eigenvalue weighted by atomic mass is 10.1. The Balaban J connectivity index is 1.47. The summed E-state index contributed by atoms with van der Waals surface area (Å²) in [5.41, 5.74) is 1.65. The zero-order chi connectivity index (χ0) is 21.8. The van der Waals surface area contributed by atoms with Gasteiger partial charge in [0.1, 0.15) is 11.7 Å². The molecule has 162 valence electrons. The second kappa shape index (κ2) is 8.89. The van der Waals surface area contributed by atoms with E-state index in [4.69, 9.17) is 4.74 Å². The molecule has 1 saturated carbocycles. The van der Waals surface area contributed by atoms with Crippen molar-refractivity contribution >= 4 is 5.95 Å². The van der Waals surface area contributed by atoms with Gasteiger partial charge in [-0.1, -0.05) is 30.3 Å². The number of anilines is 1. The summed E-state index contributed by atoms with van der Waals surface area (Å²) in [7, 11) is 0. The van der Waals surface area contributed by atoms with Crippen LogP contribution in [0, 0.1) is 0 Å². The quantitative estimate of drug-likeness (QED) is 0.601. The van der Waals surface area contributed by atoms with Crippen molar-refractivity contribution in [2.75, 3.05) is 5.32 Å². The molecule has 31 heavy (non-hydrogen) atoms. The third-order valence-corrected chi connectivity index (χ3v) is 5.11. The number of hydrogen-bond acceptors (Lipinski definition) is 6. The molecule has 0 spiro atoms. The first kappa shape index (κ1) is 21.0. The molecule has 2 N–H and O–H groups in total. The van der Waals surface area contributed by atoms with Crippen LogP contribution in [0.2, 0.25) is 0 Å². The van der Waals surface area contributed by atoms with E-state index in [0.29, 0.717) is 32.0 Å². The molecule has 2 aromatic heterocycles. The first-order valence-electron chi connectivity index (χ1n) is 9.93. The number of rotatable bonds is 6. The van der Waals surface area contributed by atoms with Crippen molar-refractivity contribution in [3.8, 4) is 17.1 Å². The van der Waals surface area contributed by atoms with Gasteiger partial charge in [-0.05, 0) is 37.0 Å². The molecule has 1 aliphatic carbocycles. The molecule has 0 aliphatic heterocycles. The number of aliphatic hydroxyl groups is 1. The Kier molecular flexibility index (Phi) is 6.03. The van der Waals surface area contributed by atoms with E-state index < -0.39 is 29.8 Å². The molecule has 3 aromatic rings. The van der Waals surface area contributed by atoms with Gasteiger partial charge >= 0.3 is 6.18 Å². The summed E-state index contributed by atoms with van der Waals surface area (Å²) in [5.74, 6) is -0.550. The number of benzene rings is 1. The zero-order valence-electron chi connectivity index (χ0n) is 16.5. The maximum atomic E-state index is 13.3. The number of halogens is 3. The van der Waals surface area contributed by atoms with Crippen molar-refractivity contribution < 1.29 is 23.0 Å². The van der Waals surface area contributed by atoms with Crippen LogP contribution in [-0.2, 0) is 12.7 Å². The molecule has 0 radical (unpaired) electrons. The highest BCUT2D eigenvalue weighted by Crippen LogP contribution is 2.36. The number of nitrogens with zero attached hydrogens (tertiary/aromatic N) is 3. The van der Waals surface area contributed by atoms with Crippen LogP contribution in [0.1, 0.15) is 30.4 Å². The van der Waals surface area contributed by atoms with E-state index in [1.54, 1.807) is 6.20 Å². The van der Waals surface area contributed by atoms with Crippen LogP contribution in [0.5, 0.6) is 5.88 Å². The van der Waals surface area contributed by atoms with Gasteiger partial charge in [-0.2, -0.15) is 18.2 Å². The minimum Gasteiger partial charge on any atom is -0.471 e. The summed E-state index contributed by atoms with van der Waals surface area (Å²) in [4.78, 5) is 12.0. The Morgan fingerprint density at radius 3 is 2.52 bits per heavy atom. The number of hydrogen-bond donors (Lipinski definition) is 2. The maximum Gasteiger partial charge on any atom is 0.423 e. The predicted octanol–water partition coefficient (Wildman–Crippen LogP) is 4.46. The summed E-state index contributed by atoms with van der Waals surface area (Å²) < 4.78 is 45.4. The number of alkyl halides is 3. The standard InChI is InChI=1S/C22H21F3N4O2/c23-22(24,25)16-13-28-21(29-20(16)31-19-6-3-5-18(19)30)27-12-14-7-9-15(10-8-14)17-4-1-2-11-26-17/h1-2,4,7-11,13,18-19,30H,3,5-6,12H2,(H,27,28,29)/t18-,19?/m1/s1. The third kappa shape index (κ3) is 5.11. The van der Waals surface area contributed by atoms with Crippen molar-refractivity contribution in [1.29, 1.82) is 0 Å². The van der Waals surface area contributed by atoms with Gasteiger partial charge in [0.25, 0.3) is 0 Å². The van der Waals surface area contributed by atoms with Crippen LogP contribution in [0.25, 0.3) is 11.3 Å². The van der Waals surface area contributed by atoms with Crippen LogP contribution < -0.4 is 10.1 Å². The fourth-order valence-corrected chi connectivity index (χ4v) is 3.43. The lowest BCUT2D eigenvalue weighted by Gasteiger charge is -2.19. The molecule has 0 saturated heterocycles. The Bertz CT molecular complexity index is 1010. The lowest BCUT2D eigenvalue weighted by Crippen LogP contribution is -2.27. The SMILES string of the molecule is O[C@@H]1CCCC1Oc1nc(NCc2ccc(-c3ccccn3)cc2)ncc1C(F)(F)F. The highest BCUT2D eigenvalue weighted by Gasteiger charge is 2.38. The van der Waals surface area contributed by atoms with Crippen molar-refractivity contribution in [2.24, 2.45) is 0 Å². The smallest absolute Gasteiger partial charge is 0.423 e. The molecular formula is C22H21F3N4O2. The number of nitrogens with one attached hydrogen (secondary N) is 1. The second-order valence-corrected chi connectivity index (χ2v) is 7.33. The summed E-state index contributed by atoms with van der Waals surface area (Å²) in [6.45, 7) is 0.319. The molecule has 2 heterocycles.